The molecule has 0 aliphatic heterocycles. The minimum atomic E-state index is -0.865. The maximum absolute atomic E-state index is 12.5. The van der Waals surface area contributed by atoms with Crippen molar-refractivity contribution in [1.29, 1.82) is 0 Å². The fourth-order valence-corrected chi connectivity index (χ4v) is 11.4. The first-order valence-electron chi connectivity index (χ1n) is 36.7. The van der Waals surface area contributed by atoms with E-state index in [1.165, 1.54) is 315 Å². The van der Waals surface area contributed by atoms with Crippen LogP contribution in [-0.4, -0.2) is 34.9 Å². The molecule has 0 aromatic heterocycles. The second kappa shape index (κ2) is 72.1. The van der Waals surface area contributed by atoms with Gasteiger partial charge in [-0.3, -0.25) is 4.79 Å². The van der Waals surface area contributed by atoms with Crippen molar-refractivity contribution >= 4 is 5.91 Å². The number of allylic oxidation sites excluding steroid dienone is 11. The summed E-state index contributed by atoms with van der Waals surface area (Å²) in [4.78, 5) is 12.5. The smallest absolute Gasteiger partial charge is 0.220 e. The van der Waals surface area contributed by atoms with Crippen LogP contribution in [0.25, 0.3) is 0 Å². The van der Waals surface area contributed by atoms with Gasteiger partial charge in [-0.25, -0.2) is 0 Å². The zero-order chi connectivity index (χ0) is 58.4. The van der Waals surface area contributed by atoms with E-state index in [0.29, 0.717) is 6.42 Å². The quantitative estimate of drug-likeness (QED) is 0.0420. The predicted molar refractivity (Wildman–Crippen MR) is 364 cm³/mol. The Kier molecular flexibility index (Phi) is 70.2. The van der Waals surface area contributed by atoms with E-state index in [1.54, 1.807) is 6.08 Å². The molecule has 0 fully saturated rings. The first-order valence-corrected chi connectivity index (χ1v) is 36.7. The lowest BCUT2D eigenvalue weighted by Crippen LogP contribution is -2.45. The van der Waals surface area contributed by atoms with E-state index < -0.39 is 12.1 Å². The van der Waals surface area contributed by atoms with Crippen molar-refractivity contribution < 1.29 is 15.0 Å². The summed E-state index contributed by atoms with van der Waals surface area (Å²) in [5, 5.41) is 23.3. The molecule has 474 valence electrons. The number of unbranched alkanes of at least 4 members (excludes halogenated alkanes) is 51. The van der Waals surface area contributed by atoms with Crippen LogP contribution in [0.2, 0.25) is 0 Å². The van der Waals surface area contributed by atoms with Crippen LogP contribution in [0.4, 0.5) is 0 Å². The average molecular weight is 1130 g/mol. The van der Waals surface area contributed by atoms with E-state index in [4.69, 9.17) is 0 Å². The second-order valence-electron chi connectivity index (χ2n) is 25.0. The van der Waals surface area contributed by atoms with Crippen molar-refractivity contribution in [2.75, 3.05) is 6.61 Å². The van der Waals surface area contributed by atoms with Crippen molar-refractivity contribution in [3.63, 3.8) is 0 Å². The van der Waals surface area contributed by atoms with Crippen molar-refractivity contribution in [3.8, 4) is 0 Å². The molecular formula is C77H143NO3. The number of aliphatic hydroxyl groups excluding tert-OH is 2. The Labute approximate surface area is 508 Å². The Bertz CT molecular complexity index is 1380. The molecule has 4 nitrogen and oxygen atoms in total. The Balaban J connectivity index is 3.44. The van der Waals surface area contributed by atoms with Gasteiger partial charge in [0.25, 0.3) is 0 Å². The molecule has 81 heavy (non-hydrogen) atoms. The highest BCUT2D eigenvalue weighted by Crippen LogP contribution is 2.19. The first-order chi connectivity index (χ1) is 40.2. The summed E-state index contributed by atoms with van der Waals surface area (Å²) in [6.07, 6.45) is 104. The van der Waals surface area contributed by atoms with Gasteiger partial charge < -0.3 is 15.5 Å². The molecule has 0 saturated heterocycles. The highest BCUT2D eigenvalue weighted by molar-refractivity contribution is 5.76. The van der Waals surface area contributed by atoms with Gasteiger partial charge in [-0.05, 0) is 70.6 Å². The lowest BCUT2D eigenvalue weighted by atomic mass is 10.0. The fourth-order valence-electron chi connectivity index (χ4n) is 11.4. The molecule has 2 unspecified atom stereocenters. The molecule has 4 heteroatoms. The van der Waals surface area contributed by atoms with Gasteiger partial charge in [-0.1, -0.05) is 389 Å². The fraction of sp³-hybridized carbons (Fsp3) is 0.831. The van der Waals surface area contributed by atoms with Crippen molar-refractivity contribution in [3.05, 3.63) is 72.9 Å². The molecule has 0 rings (SSSR count). The van der Waals surface area contributed by atoms with Crippen LogP contribution in [0.1, 0.15) is 393 Å². The Morgan fingerprint density at radius 3 is 0.864 bits per heavy atom. The van der Waals surface area contributed by atoms with E-state index in [1.807, 2.05) is 6.08 Å². The van der Waals surface area contributed by atoms with Crippen molar-refractivity contribution in [1.82, 2.24) is 5.32 Å². The number of aliphatic hydroxyl groups is 2. The van der Waals surface area contributed by atoms with Gasteiger partial charge >= 0.3 is 0 Å². The molecule has 1 amide bonds. The first kappa shape index (κ1) is 78.8. The Hall–Kier alpha value is -2.17. The SMILES string of the molecule is CC/C=C\C/C=C\C/C=C\C/C=C\CCCCCCCCCCCCCCCCCCCCCCCCCCC(=O)NC(CO)C(O)/C=C/CC/C=C/CCCCCCCCCCCCCCCCCCCCCCCCCCCC. The van der Waals surface area contributed by atoms with Gasteiger partial charge in [0, 0.05) is 6.42 Å². The van der Waals surface area contributed by atoms with E-state index in [2.05, 4.69) is 79.9 Å². The maximum Gasteiger partial charge on any atom is 0.220 e. The van der Waals surface area contributed by atoms with Crippen LogP contribution >= 0.6 is 0 Å². The third-order valence-corrected chi connectivity index (χ3v) is 16.9. The largest absolute Gasteiger partial charge is 0.394 e. The summed E-state index contributed by atoms with van der Waals surface area (Å²) in [5.41, 5.74) is 0. The molecule has 3 N–H and O–H groups in total. The van der Waals surface area contributed by atoms with E-state index in [0.717, 1.165) is 57.8 Å². The van der Waals surface area contributed by atoms with E-state index in [9.17, 15) is 15.0 Å². The van der Waals surface area contributed by atoms with Gasteiger partial charge in [0.2, 0.25) is 5.91 Å². The molecule has 0 aliphatic rings. The van der Waals surface area contributed by atoms with Crippen LogP contribution in [0.3, 0.4) is 0 Å². The zero-order valence-corrected chi connectivity index (χ0v) is 54.8. The number of nitrogens with one attached hydrogen (secondary N) is 1. The van der Waals surface area contributed by atoms with Crippen LogP contribution in [0.15, 0.2) is 72.9 Å². The number of carbonyl (C=O) groups excluding carboxylic acids is 1. The number of hydrogen-bond acceptors (Lipinski definition) is 3. The van der Waals surface area contributed by atoms with Gasteiger partial charge in [0.1, 0.15) is 0 Å². The lowest BCUT2D eigenvalue weighted by Gasteiger charge is -2.19. The highest BCUT2D eigenvalue weighted by atomic mass is 16.3. The van der Waals surface area contributed by atoms with Gasteiger partial charge in [0.05, 0.1) is 18.8 Å². The Morgan fingerprint density at radius 2 is 0.556 bits per heavy atom. The second-order valence-corrected chi connectivity index (χ2v) is 25.0. The number of carbonyl (C=O) groups is 1. The van der Waals surface area contributed by atoms with Crippen molar-refractivity contribution in [2.45, 2.75) is 405 Å². The summed E-state index contributed by atoms with van der Waals surface area (Å²) >= 11 is 0. The lowest BCUT2D eigenvalue weighted by molar-refractivity contribution is -0.123. The van der Waals surface area contributed by atoms with Crippen LogP contribution in [0.5, 0.6) is 0 Å². The monoisotopic (exact) mass is 1130 g/mol. The summed E-state index contributed by atoms with van der Waals surface area (Å²) in [7, 11) is 0. The van der Waals surface area contributed by atoms with Crippen LogP contribution < -0.4 is 5.32 Å². The van der Waals surface area contributed by atoms with Gasteiger partial charge in [-0.15, -0.1) is 0 Å². The topological polar surface area (TPSA) is 69.6 Å². The average Bonchev–Trinajstić information content (AvgIpc) is 3.47. The number of amides is 1. The van der Waals surface area contributed by atoms with E-state index in [-0.39, 0.29) is 12.5 Å². The van der Waals surface area contributed by atoms with Gasteiger partial charge in [-0.2, -0.15) is 0 Å². The van der Waals surface area contributed by atoms with Crippen LogP contribution in [0, 0.1) is 0 Å². The minimum absolute atomic E-state index is 0.0670. The molecule has 2 atom stereocenters. The number of rotatable bonds is 68. The third kappa shape index (κ3) is 68.5. The minimum Gasteiger partial charge on any atom is -0.394 e. The molecule has 0 bridgehead atoms. The molecule has 0 spiro atoms. The Morgan fingerprint density at radius 1 is 0.309 bits per heavy atom. The standard InChI is InChI=1S/C77H143NO3/c1-3-5-7-9-11-13-15-17-19-21-23-25-27-29-31-33-35-37-38-39-40-41-43-45-47-49-51-53-55-57-59-61-63-65-67-69-71-73-77(81)78-75(74-79)76(80)72-70-68-66-64-62-60-58-56-54-52-50-48-46-44-42-36-34-32-30-28-26-24-22-20-18-16-14-12-10-8-6-4-2/h5,7,11,13,17,19,23,25,62,64,70,72,75-76,79-80H,3-4,6,8-10,12,14-16,18,20-22,24,26-61,63,65-69,71,73-74H2,1-2H3,(H,78,81)/b7-5-,13-11-,19-17-,25-23-,64-62+,72-70+. The molecule has 0 radical (unpaired) electrons. The van der Waals surface area contributed by atoms with Crippen molar-refractivity contribution in [2.24, 2.45) is 0 Å². The zero-order valence-electron chi connectivity index (χ0n) is 54.8. The number of hydrogen-bond donors (Lipinski definition) is 3. The molecule has 0 aromatic carbocycles. The summed E-state index contributed by atoms with van der Waals surface area (Å²) in [6, 6.07) is -0.642. The normalized spacial score (nSPS) is 13.1. The third-order valence-electron chi connectivity index (χ3n) is 16.9. The molecule has 0 aliphatic carbocycles. The highest BCUT2D eigenvalue weighted by Gasteiger charge is 2.18. The molecule has 0 heterocycles. The maximum atomic E-state index is 12.5. The van der Waals surface area contributed by atoms with Gasteiger partial charge in [0.15, 0.2) is 0 Å². The predicted octanol–water partition coefficient (Wildman–Crippen LogP) is 25.2. The summed E-state index contributed by atoms with van der Waals surface area (Å²) in [5.74, 6) is -0.0670. The molecular weight excluding hydrogens is 987 g/mol. The van der Waals surface area contributed by atoms with E-state index >= 15 is 0 Å². The molecule has 0 aromatic rings. The van der Waals surface area contributed by atoms with Crippen LogP contribution in [-0.2, 0) is 4.79 Å². The molecule has 0 saturated carbocycles. The summed E-state index contributed by atoms with van der Waals surface area (Å²) < 4.78 is 0. The summed E-state index contributed by atoms with van der Waals surface area (Å²) in [6.45, 7) is 4.23.